The number of pyridine rings is 1. The molecule has 2 N–H and O–H groups in total. The molecule has 0 atom stereocenters. The van der Waals surface area contributed by atoms with Crippen molar-refractivity contribution in [2.45, 2.75) is 19.9 Å². The van der Waals surface area contributed by atoms with Crippen LogP contribution in [0.1, 0.15) is 23.1 Å². The molecule has 14 heteroatoms. The molecule has 5 rings (SSSR count). The average Bonchev–Trinajstić information content (AvgIpc) is 3.42. The van der Waals surface area contributed by atoms with Gasteiger partial charge in [-0.1, -0.05) is 0 Å². The maximum Gasteiger partial charge on any atom is 0.352 e. The molecule has 43 heavy (non-hydrogen) atoms. The number of nitrogens with one attached hydrogen (secondary N) is 2. The predicted octanol–water partition coefficient (Wildman–Crippen LogP) is 3.72. The van der Waals surface area contributed by atoms with E-state index in [0.29, 0.717) is 21.5 Å². The van der Waals surface area contributed by atoms with Gasteiger partial charge in [-0.2, -0.15) is 5.10 Å². The topological polar surface area (TPSA) is 150 Å². The van der Waals surface area contributed by atoms with Gasteiger partial charge in [0, 0.05) is 55.9 Å². The van der Waals surface area contributed by atoms with Gasteiger partial charge in [-0.3, -0.25) is 14.6 Å². The molecule has 0 radical (unpaired) electrons. The quantitative estimate of drug-likeness (QED) is 0.250. The van der Waals surface area contributed by atoms with E-state index in [1.807, 2.05) is 7.05 Å². The third kappa shape index (κ3) is 5.98. The Morgan fingerprint density at radius 3 is 2.49 bits per heavy atom. The first kappa shape index (κ1) is 28.7. The Bertz CT molecular complexity index is 1970. The van der Waals surface area contributed by atoms with Crippen LogP contribution >= 0.6 is 0 Å². The highest BCUT2D eigenvalue weighted by molar-refractivity contribution is 6.02. The molecular weight excluding hydrogens is 562 g/mol. The number of imidazole rings is 1. The Morgan fingerprint density at radius 2 is 1.84 bits per heavy atom. The van der Waals surface area contributed by atoms with Crippen LogP contribution in [0.25, 0.3) is 16.9 Å². The number of aromatic nitrogens is 6. The zero-order valence-electron chi connectivity index (χ0n) is 22.9. The number of aryl methyl sites for hydroxylation is 2. The molecule has 0 saturated carbocycles. The maximum atomic E-state index is 15.2. The minimum absolute atomic E-state index is 0.0151. The fraction of sp³-hybridized carbons (Fsp3) is 0.138. The number of carbonyl (C=O) groups excluding carboxylic acids is 1. The first-order chi connectivity index (χ1) is 20.7. The van der Waals surface area contributed by atoms with Gasteiger partial charge in [0.05, 0.1) is 23.4 Å². The monoisotopic (exact) mass is 586 g/mol. The molecule has 0 bridgehead atoms. The average molecular weight is 587 g/mol. The van der Waals surface area contributed by atoms with Crippen molar-refractivity contribution in [1.29, 1.82) is 5.41 Å². The Balaban J connectivity index is 1.43. The van der Waals surface area contributed by atoms with E-state index in [-0.39, 0.29) is 35.8 Å². The molecule has 0 aliphatic rings. The highest BCUT2D eigenvalue weighted by Gasteiger charge is 2.21. The van der Waals surface area contributed by atoms with Crippen molar-refractivity contribution >= 4 is 17.8 Å². The molecule has 5 aromatic rings. The van der Waals surface area contributed by atoms with Crippen molar-refractivity contribution in [2.75, 3.05) is 5.32 Å². The van der Waals surface area contributed by atoms with Gasteiger partial charge in [-0.15, -0.1) is 0 Å². The largest absolute Gasteiger partial charge is 0.452 e. The zero-order chi connectivity index (χ0) is 30.7. The maximum absolute atomic E-state index is 15.2. The first-order valence-electron chi connectivity index (χ1n) is 12.9. The highest BCUT2D eigenvalue weighted by Crippen LogP contribution is 2.31. The molecule has 0 aliphatic carbocycles. The second kappa shape index (κ2) is 12.0. The van der Waals surface area contributed by atoms with Crippen molar-refractivity contribution in [1.82, 2.24) is 28.9 Å². The summed E-state index contributed by atoms with van der Waals surface area (Å²) in [6, 6.07) is 9.87. The summed E-state index contributed by atoms with van der Waals surface area (Å²) in [6.07, 6.45) is 6.28. The Hall–Kier alpha value is -5.79. The molecule has 0 fully saturated rings. The molecule has 0 unspecified atom stereocenters. The number of carbonyl (C=O) groups is 1. The molecule has 2 aromatic carbocycles. The number of ether oxygens (including phenoxy) is 1. The molecular formula is C29H24F2N8O4. The second-order valence-electron chi connectivity index (χ2n) is 9.27. The lowest BCUT2D eigenvalue weighted by atomic mass is 10.1. The lowest BCUT2D eigenvalue weighted by Gasteiger charge is -2.13. The molecule has 1 amide bonds. The van der Waals surface area contributed by atoms with Crippen LogP contribution in [0.15, 0.2) is 76.8 Å². The summed E-state index contributed by atoms with van der Waals surface area (Å²) in [5.74, 6) is -2.36. The van der Waals surface area contributed by atoms with E-state index >= 15 is 4.39 Å². The number of rotatable bonds is 9. The molecule has 0 saturated heterocycles. The van der Waals surface area contributed by atoms with E-state index in [2.05, 4.69) is 20.4 Å². The van der Waals surface area contributed by atoms with Crippen LogP contribution in [0.2, 0.25) is 0 Å². The van der Waals surface area contributed by atoms with Crippen molar-refractivity contribution in [3.63, 3.8) is 0 Å². The van der Waals surface area contributed by atoms with Crippen LogP contribution in [0.3, 0.4) is 0 Å². The number of benzene rings is 2. The molecule has 0 spiro atoms. The lowest BCUT2D eigenvalue weighted by molar-refractivity contribution is 0.101. The number of hydrogen-bond donors (Lipinski definition) is 2. The van der Waals surface area contributed by atoms with Crippen LogP contribution in [0.4, 0.5) is 14.5 Å². The minimum atomic E-state index is -1.03. The van der Waals surface area contributed by atoms with Crippen LogP contribution in [0, 0.1) is 17.0 Å². The standard InChI is InChI=1S/C29H24F2N8O4/c1-3-38-29(42)39(20-7-4-18(30)5-8-20)28(41)26(36-38)27(40)35-19-6-9-24(21(31)13-19)43-25-12-17(14-33-22(25)10-11-32)23-15-37(2)16-34-23/h4-9,11-16,32H,3,10H2,1-2H3,(H,35,40). The van der Waals surface area contributed by atoms with Gasteiger partial charge in [0.25, 0.3) is 11.5 Å². The summed E-state index contributed by atoms with van der Waals surface area (Å²) in [5.41, 5.74) is -0.779. The summed E-state index contributed by atoms with van der Waals surface area (Å²) < 4.78 is 37.8. The van der Waals surface area contributed by atoms with Crippen LogP contribution in [0.5, 0.6) is 11.5 Å². The first-order valence-corrected chi connectivity index (χ1v) is 12.9. The van der Waals surface area contributed by atoms with Gasteiger partial charge >= 0.3 is 5.69 Å². The smallest absolute Gasteiger partial charge is 0.352 e. The van der Waals surface area contributed by atoms with Crippen LogP contribution < -0.4 is 21.3 Å². The summed E-state index contributed by atoms with van der Waals surface area (Å²) in [4.78, 5) is 47.6. The number of hydrogen-bond acceptors (Lipinski definition) is 8. The predicted molar refractivity (Wildman–Crippen MR) is 153 cm³/mol. The van der Waals surface area contributed by atoms with Crippen molar-refractivity contribution in [2.24, 2.45) is 7.05 Å². The van der Waals surface area contributed by atoms with Crippen molar-refractivity contribution in [3.05, 3.63) is 111 Å². The number of amides is 1. The summed E-state index contributed by atoms with van der Waals surface area (Å²) in [7, 11) is 1.82. The van der Waals surface area contributed by atoms with Crippen LogP contribution in [-0.4, -0.2) is 41.0 Å². The summed E-state index contributed by atoms with van der Waals surface area (Å²) >= 11 is 0. The second-order valence-corrected chi connectivity index (χ2v) is 9.27. The SMILES string of the molecule is CCn1nc(C(=O)Nc2ccc(Oc3cc(-c4cn(C)cn4)cnc3CC=N)c(F)c2)c(=O)n(-c2ccc(F)cc2)c1=O. The number of nitrogens with zero attached hydrogens (tertiary/aromatic N) is 6. The van der Waals surface area contributed by atoms with Gasteiger partial charge < -0.3 is 20.0 Å². The molecule has 0 aliphatic heterocycles. The molecule has 218 valence electrons. The van der Waals surface area contributed by atoms with Gasteiger partial charge in [0.2, 0.25) is 5.69 Å². The molecule has 3 aromatic heterocycles. The Kier molecular flexibility index (Phi) is 8.00. The van der Waals surface area contributed by atoms with E-state index in [1.165, 1.54) is 24.3 Å². The third-order valence-electron chi connectivity index (χ3n) is 6.27. The van der Waals surface area contributed by atoms with Gasteiger partial charge in [-0.25, -0.2) is 27.8 Å². The normalized spacial score (nSPS) is 10.9. The third-order valence-corrected chi connectivity index (χ3v) is 6.27. The Morgan fingerprint density at radius 1 is 1.07 bits per heavy atom. The van der Waals surface area contributed by atoms with E-state index in [9.17, 15) is 18.8 Å². The molecule has 3 heterocycles. The fourth-order valence-corrected chi connectivity index (χ4v) is 4.16. The highest BCUT2D eigenvalue weighted by atomic mass is 19.1. The van der Waals surface area contributed by atoms with Crippen molar-refractivity contribution in [3.8, 4) is 28.4 Å². The van der Waals surface area contributed by atoms with E-state index in [1.54, 1.807) is 36.3 Å². The number of halogens is 2. The zero-order valence-corrected chi connectivity index (χ0v) is 22.9. The van der Waals surface area contributed by atoms with Crippen LogP contribution in [-0.2, 0) is 20.0 Å². The van der Waals surface area contributed by atoms with Gasteiger partial charge in [-0.05, 0) is 49.4 Å². The fourth-order valence-electron chi connectivity index (χ4n) is 4.16. The lowest BCUT2D eigenvalue weighted by Crippen LogP contribution is -2.44. The van der Waals surface area contributed by atoms with E-state index < -0.39 is 34.5 Å². The van der Waals surface area contributed by atoms with Gasteiger partial charge in [0.1, 0.15) is 11.6 Å². The minimum Gasteiger partial charge on any atom is -0.452 e. The number of anilines is 1. The summed E-state index contributed by atoms with van der Waals surface area (Å²) in [5, 5.41) is 13.8. The Labute approximate surface area is 242 Å². The summed E-state index contributed by atoms with van der Waals surface area (Å²) in [6.45, 7) is 1.64. The van der Waals surface area contributed by atoms with Crippen molar-refractivity contribution < 1.29 is 18.3 Å². The van der Waals surface area contributed by atoms with E-state index in [4.69, 9.17) is 10.1 Å². The molecule has 12 nitrogen and oxygen atoms in total. The van der Waals surface area contributed by atoms with E-state index in [0.717, 1.165) is 29.1 Å². The van der Waals surface area contributed by atoms with Gasteiger partial charge in [0.15, 0.2) is 11.6 Å².